The minimum atomic E-state index is -1.51. The second kappa shape index (κ2) is 13.4. The van der Waals surface area contributed by atoms with Crippen LogP contribution in [0.15, 0.2) is 79.6 Å². The Morgan fingerprint density at radius 1 is 1.30 bits per heavy atom. The first-order valence-electron chi connectivity index (χ1n) is 11.9. The van der Waals surface area contributed by atoms with Gasteiger partial charge < -0.3 is 30.7 Å². The summed E-state index contributed by atoms with van der Waals surface area (Å²) in [6, 6.07) is -1.01. The number of carbonyl (C=O) groups excluding carboxylic acids is 4. The van der Waals surface area contributed by atoms with Gasteiger partial charge in [-0.1, -0.05) is 5.16 Å². The maximum Gasteiger partial charge on any atom is 1.00 e. The molecule has 0 bridgehead atoms. The van der Waals surface area contributed by atoms with Crippen molar-refractivity contribution in [1.82, 2.24) is 25.4 Å². The van der Waals surface area contributed by atoms with Crippen molar-refractivity contribution >= 4 is 57.6 Å². The van der Waals surface area contributed by atoms with Gasteiger partial charge in [0.05, 0.1) is 17.4 Å². The van der Waals surface area contributed by atoms with Gasteiger partial charge >= 0.3 is 29.6 Å². The number of carboxylic acids is 1. The number of aliphatic carboxylic acids is 1. The van der Waals surface area contributed by atoms with Crippen LogP contribution in [0.5, 0.6) is 0 Å². The molecule has 1 fully saturated rings. The molecular formula is C24H19N10NaO6S2. The van der Waals surface area contributed by atoms with E-state index >= 15 is 0 Å². The first-order valence-corrected chi connectivity index (χ1v) is 13.9. The summed E-state index contributed by atoms with van der Waals surface area (Å²) in [5.41, 5.74) is 6.87. The van der Waals surface area contributed by atoms with Crippen LogP contribution in [-0.2, 0) is 24.0 Å². The third-order valence-corrected chi connectivity index (χ3v) is 8.20. The number of rotatable bonds is 8. The average molecular weight is 631 g/mol. The zero-order valence-corrected chi connectivity index (χ0v) is 26.1. The minimum absolute atomic E-state index is 0. The third kappa shape index (κ3) is 6.40. The van der Waals surface area contributed by atoms with Crippen LogP contribution in [0.1, 0.15) is 5.69 Å². The van der Waals surface area contributed by atoms with Crippen LogP contribution >= 0.6 is 23.1 Å². The maximum atomic E-state index is 13.1. The van der Waals surface area contributed by atoms with Gasteiger partial charge in [0.2, 0.25) is 0 Å². The molecule has 4 N–H and O–H groups in total. The Labute approximate surface area is 273 Å². The van der Waals surface area contributed by atoms with Crippen LogP contribution in [0.2, 0.25) is 0 Å². The molecule has 16 nitrogen and oxygen atoms in total. The molecule has 2 atom stereocenters. The number of carbonyl (C=O) groups is 4. The number of hydrogen-bond acceptors (Lipinski definition) is 15. The van der Waals surface area contributed by atoms with Gasteiger partial charge in [-0.15, -0.1) is 33.3 Å². The summed E-state index contributed by atoms with van der Waals surface area (Å²) in [6.07, 6.45) is 9.72. The predicted octanol–water partition coefficient (Wildman–Crippen LogP) is -3.97. The van der Waals surface area contributed by atoms with Gasteiger partial charge in [-0.25, -0.2) is 4.98 Å². The number of thioether (sulfide) groups is 1. The van der Waals surface area contributed by atoms with Gasteiger partial charge in [-0.3, -0.25) is 24.6 Å². The molecule has 5 heterocycles. The molecule has 214 valence electrons. The number of nitriles is 1. The fourth-order valence-electron chi connectivity index (χ4n) is 4.31. The third-order valence-electron chi connectivity index (χ3n) is 6.19. The molecule has 19 heteroatoms. The quantitative estimate of drug-likeness (QED) is 0.0626. The number of allylic oxidation sites excluding steroid dienone is 4. The number of oxime groups is 1. The minimum Gasteiger partial charge on any atom is -0.543 e. The molecule has 4 aliphatic heterocycles. The maximum absolute atomic E-state index is 13.1. The van der Waals surface area contributed by atoms with Crippen LogP contribution in [0.3, 0.4) is 0 Å². The van der Waals surface area contributed by atoms with Crippen LogP contribution in [0.4, 0.5) is 5.13 Å². The topological polar surface area (TPSA) is 231 Å². The van der Waals surface area contributed by atoms with E-state index in [0.717, 1.165) is 16.2 Å². The molecular weight excluding hydrogens is 611 g/mol. The van der Waals surface area contributed by atoms with E-state index in [9.17, 15) is 24.3 Å². The van der Waals surface area contributed by atoms with Gasteiger partial charge in [-0.05, 0) is 23.8 Å². The molecule has 0 spiro atoms. The van der Waals surface area contributed by atoms with Crippen molar-refractivity contribution < 1.29 is 58.7 Å². The second-order valence-electron chi connectivity index (χ2n) is 8.73. The number of nitrogens with zero attached hydrogens (tertiary/aromatic N) is 7. The monoisotopic (exact) mass is 630 g/mol. The van der Waals surface area contributed by atoms with Crippen molar-refractivity contribution in [3.05, 3.63) is 69.9 Å². The van der Waals surface area contributed by atoms with Gasteiger partial charge in [0.15, 0.2) is 22.7 Å². The van der Waals surface area contributed by atoms with Crippen LogP contribution in [0.25, 0.3) is 0 Å². The number of anilines is 1. The molecule has 0 radical (unpaired) electrons. The zero-order chi connectivity index (χ0) is 30.0. The Morgan fingerprint density at radius 3 is 2.67 bits per heavy atom. The summed E-state index contributed by atoms with van der Waals surface area (Å²) in [5.74, 6) is -3.27. The number of nitrogens with two attached hydrogens (primary N) is 1. The number of thiazole rings is 1. The number of hydrogen-bond donors (Lipinski definition) is 3. The van der Waals surface area contributed by atoms with E-state index in [1.807, 2.05) is 5.32 Å². The fraction of sp³-hybridized carbons (Fsp3) is 0.208. The summed E-state index contributed by atoms with van der Waals surface area (Å²) >= 11 is 2.40. The van der Waals surface area contributed by atoms with E-state index in [0.29, 0.717) is 16.8 Å². The van der Waals surface area contributed by atoms with Gasteiger partial charge in [0.25, 0.3) is 17.7 Å². The molecule has 3 amide bonds. The number of β-lactam (4-membered cyclic amide) rings is 1. The van der Waals surface area contributed by atoms with Crippen molar-refractivity contribution in [2.24, 2.45) is 15.4 Å². The molecule has 1 saturated heterocycles. The summed E-state index contributed by atoms with van der Waals surface area (Å²) in [6.45, 7) is 0.141. The Morgan fingerprint density at radius 2 is 2.05 bits per heavy atom. The molecule has 43 heavy (non-hydrogen) atoms. The van der Waals surface area contributed by atoms with E-state index in [1.165, 1.54) is 36.5 Å². The largest absolute Gasteiger partial charge is 1.00 e. The Balaban J connectivity index is 0.00000423. The number of nitrogens with one attached hydrogen (secondary N) is 2. The number of fused-ring (bicyclic) bond motifs is 1. The molecule has 0 aromatic carbocycles. The zero-order valence-electron chi connectivity index (χ0n) is 22.5. The Kier molecular flexibility index (Phi) is 9.83. The number of aromatic nitrogens is 1. The van der Waals surface area contributed by atoms with Crippen molar-refractivity contribution in [3.8, 4) is 6.19 Å². The van der Waals surface area contributed by atoms with Crippen molar-refractivity contribution in [3.63, 3.8) is 0 Å². The fourth-order valence-corrected chi connectivity index (χ4v) is 6.19. The number of amides is 3. The standard InChI is InChI=1S/C24H20N10O6S2.Na/c1-40-32-16(15-9-42-24(26)28-15)20(36)29-17-21(37)34-18(23(38)39)12(8-41-22(17)34)7-33-4-2-11(3-5-33)13-6-14(31-30-13)19(35)27-10-25;/h2-6,9,17,22H,7-8H2,1H3,(H2,26,28)(H,27,35)(H,29,36)(H,38,39);/q;+1/p-1/b32-16-;/t17-,22-;/m1./s1. The molecule has 1 aromatic heterocycles. The normalized spacial score (nSPS) is 20.6. The van der Waals surface area contributed by atoms with Crippen LogP contribution < -0.4 is 51.0 Å². The summed E-state index contributed by atoms with van der Waals surface area (Å²) < 4.78 is 0. The van der Waals surface area contributed by atoms with Gasteiger partial charge in [0, 0.05) is 35.7 Å². The summed E-state index contributed by atoms with van der Waals surface area (Å²) in [7, 11) is 1.25. The van der Waals surface area contributed by atoms with E-state index in [-0.39, 0.29) is 69.8 Å². The number of azo groups is 1. The Bertz CT molecular complexity index is 1640. The SMILES string of the molecule is CO/N=C(\C(=O)N[C@@H]1C(=O)N2C(C(=O)[O-])=C(CN3C=CC(=C4C=C(C(=O)NC#N)N=N4)C=C3)CS[C@H]12)c1csc(N)n1.[Na+]. The first-order chi connectivity index (χ1) is 20.2. The van der Waals surface area contributed by atoms with E-state index in [2.05, 4.69) is 25.7 Å². The van der Waals surface area contributed by atoms with E-state index in [1.54, 1.807) is 29.5 Å². The number of nitrogen functional groups attached to an aromatic ring is 1. The van der Waals surface area contributed by atoms with Gasteiger partial charge in [0.1, 0.15) is 24.2 Å². The van der Waals surface area contributed by atoms with Gasteiger partial charge in [-0.2, -0.15) is 5.26 Å². The molecule has 1 aromatic rings. The molecule has 0 saturated carbocycles. The van der Waals surface area contributed by atoms with Crippen molar-refractivity contribution in [1.29, 1.82) is 5.26 Å². The second-order valence-corrected chi connectivity index (χ2v) is 10.7. The summed E-state index contributed by atoms with van der Waals surface area (Å²) in [5, 5.41) is 37.8. The molecule has 4 aliphatic rings. The number of carboxylic acid groups (broad SMARTS) is 1. The smallest absolute Gasteiger partial charge is 0.543 e. The van der Waals surface area contributed by atoms with E-state index < -0.39 is 35.1 Å². The van der Waals surface area contributed by atoms with Crippen molar-refractivity contribution in [2.75, 3.05) is 25.1 Å². The average Bonchev–Trinajstić information content (AvgIpc) is 3.64. The van der Waals surface area contributed by atoms with Crippen molar-refractivity contribution in [2.45, 2.75) is 11.4 Å². The molecule has 0 aliphatic carbocycles. The molecule has 5 rings (SSSR count). The predicted molar refractivity (Wildman–Crippen MR) is 146 cm³/mol. The van der Waals surface area contributed by atoms with E-state index in [4.69, 9.17) is 15.8 Å². The summed E-state index contributed by atoms with van der Waals surface area (Å²) in [4.78, 5) is 61.5. The molecule has 0 unspecified atom stereocenters. The first kappa shape index (κ1) is 31.7. The van der Waals surface area contributed by atoms with Crippen LogP contribution in [0, 0.1) is 11.5 Å². The van der Waals surface area contributed by atoms with Crippen LogP contribution in [-0.4, -0.2) is 75.0 Å². The Hall–Kier alpha value is -4.28.